The third-order valence-corrected chi connectivity index (χ3v) is 3.48. The van der Waals surface area contributed by atoms with Gasteiger partial charge >= 0.3 is 5.97 Å². The number of hydrogen-bond acceptors (Lipinski definition) is 7. The van der Waals surface area contributed by atoms with Crippen molar-refractivity contribution in [2.24, 2.45) is 0 Å². The summed E-state index contributed by atoms with van der Waals surface area (Å²) in [4.78, 5) is 32.9. The highest BCUT2D eigenvalue weighted by molar-refractivity contribution is 6.07. The second-order valence-corrected chi connectivity index (χ2v) is 5.48. The zero-order valence-electron chi connectivity index (χ0n) is 15.0. The number of carbonyl (C=O) groups excluding carboxylic acids is 2. The Bertz CT molecular complexity index is 780. The van der Waals surface area contributed by atoms with E-state index in [9.17, 15) is 9.59 Å². The Morgan fingerprint density at radius 3 is 2.65 bits per heavy atom. The van der Waals surface area contributed by atoms with Crippen LogP contribution < -0.4 is 10.6 Å². The number of ether oxygens (including phenoxy) is 2. The summed E-state index contributed by atoms with van der Waals surface area (Å²) in [5, 5.41) is 5.76. The van der Waals surface area contributed by atoms with E-state index >= 15 is 0 Å². The third-order valence-electron chi connectivity index (χ3n) is 3.48. The minimum Gasteiger partial charge on any atom is -0.465 e. The molecule has 138 valence electrons. The average Bonchev–Trinajstić information content (AvgIpc) is 2.64. The molecule has 1 heterocycles. The maximum atomic E-state index is 12.6. The summed E-state index contributed by atoms with van der Waals surface area (Å²) in [6.07, 6.45) is 0.793. The number of aromatic nitrogens is 2. The molecule has 2 rings (SSSR count). The summed E-state index contributed by atoms with van der Waals surface area (Å²) in [5.41, 5.74) is 1.48. The summed E-state index contributed by atoms with van der Waals surface area (Å²) >= 11 is 0. The Hall–Kier alpha value is -3.00. The summed E-state index contributed by atoms with van der Waals surface area (Å²) in [5.74, 6) is -0.598. The van der Waals surface area contributed by atoms with Crippen LogP contribution >= 0.6 is 0 Å². The molecule has 1 amide bonds. The average molecular weight is 358 g/mol. The van der Waals surface area contributed by atoms with Gasteiger partial charge in [0.25, 0.3) is 5.91 Å². The molecule has 8 heteroatoms. The Labute approximate surface area is 151 Å². The summed E-state index contributed by atoms with van der Waals surface area (Å²) in [6.45, 7) is 3.03. The number of anilines is 2. The number of nitrogens with zero attached hydrogens (tertiary/aromatic N) is 2. The lowest BCUT2D eigenvalue weighted by Crippen LogP contribution is -2.18. The summed E-state index contributed by atoms with van der Waals surface area (Å²) < 4.78 is 9.72. The number of carbonyl (C=O) groups is 2. The van der Waals surface area contributed by atoms with Crippen LogP contribution in [0.15, 0.2) is 30.3 Å². The molecule has 8 nitrogen and oxygen atoms in total. The van der Waals surface area contributed by atoms with E-state index in [1.165, 1.54) is 7.11 Å². The van der Waals surface area contributed by atoms with Gasteiger partial charge in [-0.3, -0.25) is 4.79 Å². The van der Waals surface area contributed by atoms with Crippen LogP contribution in [0.1, 0.15) is 33.0 Å². The molecule has 1 aromatic heterocycles. The SMILES string of the molecule is COCCCNc1nc(C)cc(C(=O)Nc2ccccc2C(=O)OC)n1. The van der Waals surface area contributed by atoms with Gasteiger partial charge in [0.2, 0.25) is 5.95 Å². The van der Waals surface area contributed by atoms with E-state index in [0.717, 1.165) is 6.42 Å². The van der Waals surface area contributed by atoms with Crippen LogP contribution in [-0.4, -0.2) is 49.2 Å². The number of methoxy groups -OCH3 is 2. The van der Waals surface area contributed by atoms with Gasteiger partial charge in [0.05, 0.1) is 18.4 Å². The molecule has 0 unspecified atom stereocenters. The lowest BCUT2D eigenvalue weighted by atomic mass is 10.1. The van der Waals surface area contributed by atoms with Crippen molar-refractivity contribution >= 4 is 23.5 Å². The highest BCUT2D eigenvalue weighted by Crippen LogP contribution is 2.17. The molecule has 26 heavy (non-hydrogen) atoms. The van der Waals surface area contributed by atoms with Crippen LogP contribution in [0, 0.1) is 6.92 Å². The first kappa shape index (κ1) is 19.3. The Morgan fingerprint density at radius 1 is 1.15 bits per heavy atom. The summed E-state index contributed by atoms with van der Waals surface area (Å²) in [6, 6.07) is 8.20. The number of nitrogens with one attached hydrogen (secondary N) is 2. The molecule has 0 fully saturated rings. The first-order valence-corrected chi connectivity index (χ1v) is 8.12. The van der Waals surface area contributed by atoms with Crippen LogP contribution in [0.25, 0.3) is 0 Å². The monoisotopic (exact) mass is 358 g/mol. The number of rotatable bonds is 8. The number of para-hydroxylation sites is 1. The number of esters is 1. The largest absolute Gasteiger partial charge is 0.465 e. The zero-order valence-corrected chi connectivity index (χ0v) is 15.0. The van der Waals surface area contributed by atoms with E-state index in [2.05, 4.69) is 20.6 Å². The van der Waals surface area contributed by atoms with Crippen LogP contribution in [0.5, 0.6) is 0 Å². The number of aryl methyl sites for hydroxylation is 1. The fraction of sp³-hybridized carbons (Fsp3) is 0.333. The number of amides is 1. The van der Waals surface area contributed by atoms with Crippen molar-refractivity contribution < 1.29 is 19.1 Å². The molecule has 0 saturated heterocycles. The second kappa shape index (κ2) is 9.47. The quantitative estimate of drug-likeness (QED) is 0.551. The smallest absolute Gasteiger partial charge is 0.339 e. The van der Waals surface area contributed by atoms with E-state index in [-0.39, 0.29) is 11.3 Å². The Kier molecular flexibility index (Phi) is 7.04. The van der Waals surface area contributed by atoms with Crippen LogP contribution in [0.2, 0.25) is 0 Å². The number of hydrogen-bond donors (Lipinski definition) is 2. The van der Waals surface area contributed by atoms with Gasteiger partial charge in [0, 0.05) is 26.0 Å². The first-order chi connectivity index (χ1) is 12.5. The number of benzene rings is 1. The van der Waals surface area contributed by atoms with Gasteiger partial charge in [0.1, 0.15) is 5.69 Å². The standard InChI is InChI=1S/C18H22N4O4/c1-12-11-15(22-18(20-12)19-9-6-10-25-2)16(23)21-14-8-5-4-7-13(14)17(24)26-3/h4-5,7-8,11H,6,9-10H2,1-3H3,(H,21,23)(H,19,20,22). The van der Waals surface area contributed by atoms with Gasteiger partial charge in [-0.2, -0.15) is 0 Å². The molecule has 0 aliphatic rings. The van der Waals surface area contributed by atoms with E-state index in [1.807, 2.05) is 0 Å². The molecule has 0 aliphatic carbocycles. The second-order valence-electron chi connectivity index (χ2n) is 5.48. The van der Waals surface area contributed by atoms with Gasteiger partial charge < -0.3 is 20.1 Å². The van der Waals surface area contributed by atoms with Crippen molar-refractivity contribution in [3.05, 3.63) is 47.3 Å². The van der Waals surface area contributed by atoms with Crippen molar-refractivity contribution in [2.75, 3.05) is 38.0 Å². The molecule has 0 spiro atoms. The molecular weight excluding hydrogens is 336 g/mol. The zero-order chi connectivity index (χ0) is 18.9. The van der Waals surface area contributed by atoms with Crippen molar-refractivity contribution in [1.29, 1.82) is 0 Å². The molecule has 1 aromatic carbocycles. The van der Waals surface area contributed by atoms with E-state index < -0.39 is 11.9 Å². The lowest BCUT2D eigenvalue weighted by Gasteiger charge is -2.11. The minimum atomic E-state index is -0.528. The molecule has 0 radical (unpaired) electrons. The van der Waals surface area contributed by atoms with Gasteiger partial charge in [-0.25, -0.2) is 14.8 Å². The van der Waals surface area contributed by atoms with Crippen molar-refractivity contribution in [2.45, 2.75) is 13.3 Å². The Balaban J connectivity index is 2.15. The molecule has 0 bridgehead atoms. The highest BCUT2D eigenvalue weighted by atomic mass is 16.5. The van der Waals surface area contributed by atoms with Crippen molar-refractivity contribution in [3.8, 4) is 0 Å². The molecule has 0 aliphatic heterocycles. The predicted octanol–water partition coefficient (Wildman–Crippen LogP) is 2.27. The fourth-order valence-corrected chi connectivity index (χ4v) is 2.25. The summed E-state index contributed by atoms with van der Waals surface area (Å²) in [7, 11) is 2.92. The van der Waals surface area contributed by atoms with Crippen molar-refractivity contribution in [1.82, 2.24) is 9.97 Å². The topological polar surface area (TPSA) is 102 Å². The van der Waals surface area contributed by atoms with E-state index in [0.29, 0.717) is 30.5 Å². The molecule has 2 N–H and O–H groups in total. The third kappa shape index (κ3) is 5.25. The normalized spacial score (nSPS) is 10.3. The Morgan fingerprint density at radius 2 is 1.92 bits per heavy atom. The highest BCUT2D eigenvalue weighted by Gasteiger charge is 2.16. The predicted molar refractivity (Wildman–Crippen MR) is 97.5 cm³/mol. The minimum absolute atomic E-state index is 0.200. The maximum Gasteiger partial charge on any atom is 0.339 e. The molecule has 2 aromatic rings. The van der Waals surface area contributed by atoms with Crippen LogP contribution in [0.4, 0.5) is 11.6 Å². The van der Waals surface area contributed by atoms with E-state index in [4.69, 9.17) is 9.47 Å². The maximum absolute atomic E-state index is 12.6. The van der Waals surface area contributed by atoms with Crippen LogP contribution in [-0.2, 0) is 9.47 Å². The van der Waals surface area contributed by atoms with Crippen molar-refractivity contribution in [3.63, 3.8) is 0 Å². The molecule has 0 atom stereocenters. The first-order valence-electron chi connectivity index (χ1n) is 8.12. The van der Waals surface area contributed by atoms with Gasteiger partial charge in [0.15, 0.2) is 0 Å². The lowest BCUT2D eigenvalue weighted by molar-refractivity contribution is 0.0602. The van der Waals surface area contributed by atoms with Crippen LogP contribution in [0.3, 0.4) is 0 Å². The van der Waals surface area contributed by atoms with Gasteiger partial charge in [-0.15, -0.1) is 0 Å². The van der Waals surface area contributed by atoms with Gasteiger partial charge in [-0.1, -0.05) is 12.1 Å². The van der Waals surface area contributed by atoms with Gasteiger partial charge in [-0.05, 0) is 31.5 Å². The molecular formula is C18H22N4O4. The molecule has 0 saturated carbocycles. The van der Waals surface area contributed by atoms with E-state index in [1.54, 1.807) is 44.4 Å². The fourth-order valence-electron chi connectivity index (χ4n) is 2.25.